The molecule has 6 N–H and O–H groups in total. The zero-order chi connectivity index (χ0) is 20.2. The Morgan fingerprint density at radius 1 is 1.00 bits per heavy atom. The molecule has 0 saturated heterocycles. The first kappa shape index (κ1) is 23.7. The minimum absolute atomic E-state index is 0.0168. The molecule has 12 heteroatoms. The highest BCUT2D eigenvalue weighted by Gasteiger charge is 2.29. The van der Waals surface area contributed by atoms with Gasteiger partial charge in [-0.25, -0.2) is 4.79 Å². The van der Waals surface area contributed by atoms with Gasteiger partial charge in [0.05, 0.1) is 43.2 Å². The van der Waals surface area contributed by atoms with Crippen molar-refractivity contribution in [2.24, 2.45) is 0 Å². The van der Waals surface area contributed by atoms with Crippen LogP contribution in [0.4, 0.5) is 5.69 Å². The van der Waals surface area contributed by atoms with Crippen molar-refractivity contribution < 1.29 is 34.8 Å². The number of carbonyl (C=O) groups is 3. The van der Waals surface area contributed by atoms with E-state index in [1.807, 2.05) is 0 Å². The van der Waals surface area contributed by atoms with E-state index in [4.69, 9.17) is 10.2 Å². The second kappa shape index (κ2) is 10.3. The number of benzene rings is 1. The third-order valence-electron chi connectivity index (χ3n) is 3.16. The number of carboxylic acids is 1. The zero-order valence-electron chi connectivity index (χ0n) is 13.2. The number of anilines is 1. The first-order chi connectivity index (χ1) is 12.1. The van der Waals surface area contributed by atoms with Gasteiger partial charge in [-0.2, -0.15) is 0 Å². The van der Waals surface area contributed by atoms with Crippen molar-refractivity contribution in [3.8, 4) is 0 Å². The molecule has 26 heavy (non-hydrogen) atoms. The molecule has 0 saturated carbocycles. The van der Waals surface area contributed by atoms with Crippen LogP contribution in [0.15, 0.2) is 0 Å². The highest BCUT2D eigenvalue weighted by atomic mass is 127. The van der Waals surface area contributed by atoms with Gasteiger partial charge in [0, 0.05) is 3.57 Å². The van der Waals surface area contributed by atoms with Crippen molar-refractivity contribution >= 4 is 91.2 Å². The highest BCUT2D eigenvalue weighted by Crippen LogP contribution is 2.35. The van der Waals surface area contributed by atoms with E-state index in [2.05, 4.69) is 10.6 Å². The van der Waals surface area contributed by atoms with Crippen molar-refractivity contribution in [3.63, 3.8) is 0 Å². The van der Waals surface area contributed by atoms with E-state index in [1.54, 1.807) is 67.8 Å². The summed E-state index contributed by atoms with van der Waals surface area (Å²) in [6, 6.07) is -0.919. The molecule has 0 radical (unpaired) electrons. The van der Waals surface area contributed by atoms with Gasteiger partial charge >= 0.3 is 5.97 Å². The standard InChI is InChI=1S/C14H15I3N2O7/c1-4(22)12(23)19-11-9(16)6(13(24)18-5(2-20)3-21)8(15)7(10(11)17)14(25)26/h4-5,20-22H,2-3H2,1H3,(H,18,24)(H,19,23)(H,25,26)/t4-/m0/s1. The van der Waals surface area contributed by atoms with Crippen LogP contribution in [0.25, 0.3) is 0 Å². The minimum atomic E-state index is -1.33. The lowest BCUT2D eigenvalue weighted by molar-refractivity contribution is -0.123. The van der Waals surface area contributed by atoms with Gasteiger partial charge < -0.3 is 31.1 Å². The Bertz CT molecular complexity index is 736. The first-order valence-corrected chi connectivity index (χ1v) is 10.3. The Kier molecular flexibility index (Phi) is 9.40. The maximum atomic E-state index is 12.6. The molecular formula is C14H15I3N2O7. The Balaban J connectivity index is 3.59. The van der Waals surface area contributed by atoms with Crippen molar-refractivity contribution in [1.29, 1.82) is 0 Å². The molecule has 0 heterocycles. The molecule has 144 valence electrons. The number of rotatable bonds is 7. The third-order valence-corrected chi connectivity index (χ3v) is 6.40. The predicted octanol–water partition coefficient (Wildman–Crippen LogP) is 0.601. The van der Waals surface area contributed by atoms with Crippen molar-refractivity contribution in [2.75, 3.05) is 18.5 Å². The van der Waals surface area contributed by atoms with E-state index in [-0.39, 0.29) is 27.5 Å². The van der Waals surface area contributed by atoms with Crippen molar-refractivity contribution in [3.05, 3.63) is 21.8 Å². The lowest BCUT2D eigenvalue weighted by atomic mass is 10.1. The molecular weight excluding hydrogens is 689 g/mol. The van der Waals surface area contributed by atoms with Crippen LogP contribution in [-0.2, 0) is 4.79 Å². The molecule has 0 aliphatic rings. The quantitative estimate of drug-likeness (QED) is 0.227. The summed E-state index contributed by atoms with van der Waals surface area (Å²) < 4.78 is 0.615. The van der Waals surface area contributed by atoms with Gasteiger partial charge in [0.2, 0.25) is 0 Å². The van der Waals surface area contributed by atoms with Gasteiger partial charge in [-0.1, -0.05) is 0 Å². The lowest BCUT2D eigenvalue weighted by Gasteiger charge is -2.20. The second-order valence-corrected chi connectivity index (χ2v) is 8.31. The summed E-state index contributed by atoms with van der Waals surface area (Å²) in [5, 5.41) is 42.0. The average molecular weight is 704 g/mol. The normalized spacial score (nSPS) is 12.0. The lowest BCUT2D eigenvalue weighted by Crippen LogP contribution is -2.41. The Labute approximate surface area is 189 Å². The Morgan fingerprint density at radius 3 is 1.92 bits per heavy atom. The van der Waals surface area contributed by atoms with E-state index in [1.165, 1.54) is 6.92 Å². The summed E-state index contributed by atoms with van der Waals surface area (Å²) in [5.74, 6) is -2.76. The van der Waals surface area contributed by atoms with Gasteiger partial charge in [0.25, 0.3) is 11.8 Å². The topological polar surface area (TPSA) is 156 Å². The molecule has 1 rings (SSSR count). The van der Waals surface area contributed by atoms with Crippen LogP contribution in [0, 0.1) is 10.7 Å². The second-order valence-electron chi connectivity index (χ2n) is 5.07. The van der Waals surface area contributed by atoms with Gasteiger partial charge in [-0.05, 0) is 74.7 Å². The number of halogens is 3. The molecule has 1 aromatic rings. The summed E-state index contributed by atoms with van der Waals surface area (Å²) in [4.78, 5) is 36.1. The van der Waals surface area contributed by atoms with Gasteiger partial charge in [0.15, 0.2) is 0 Å². The number of aliphatic hydroxyl groups excluding tert-OH is 3. The van der Waals surface area contributed by atoms with E-state index < -0.39 is 43.1 Å². The van der Waals surface area contributed by atoms with Crippen LogP contribution in [0.5, 0.6) is 0 Å². The Morgan fingerprint density at radius 2 is 1.50 bits per heavy atom. The summed E-state index contributed by atoms with van der Waals surface area (Å²) >= 11 is 5.26. The maximum Gasteiger partial charge on any atom is 0.337 e. The maximum absolute atomic E-state index is 12.6. The van der Waals surface area contributed by atoms with Gasteiger partial charge in [0.1, 0.15) is 6.10 Å². The number of carbonyl (C=O) groups excluding carboxylic acids is 2. The zero-order valence-corrected chi connectivity index (χ0v) is 19.7. The molecule has 0 unspecified atom stereocenters. The van der Waals surface area contributed by atoms with Crippen molar-refractivity contribution in [2.45, 2.75) is 19.1 Å². The summed E-state index contributed by atoms with van der Waals surface area (Å²) in [7, 11) is 0. The number of nitrogens with one attached hydrogen (secondary N) is 2. The molecule has 9 nitrogen and oxygen atoms in total. The number of aromatic carboxylic acids is 1. The summed E-state index contributed by atoms with van der Waals surface area (Å²) in [6.07, 6.45) is -1.33. The average Bonchev–Trinajstić information content (AvgIpc) is 2.55. The van der Waals surface area contributed by atoms with E-state index in [0.717, 1.165) is 0 Å². The van der Waals surface area contributed by atoms with Gasteiger partial charge in [-0.15, -0.1) is 0 Å². The van der Waals surface area contributed by atoms with Crippen LogP contribution < -0.4 is 10.6 Å². The fourth-order valence-electron chi connectivity index (χ4n) is 1.80. The predicted molar refractivity (Wildman–Crippen MR) is 117 cm³/mol. The summed E-state index contributed by atoms with van der Waals surface area (Å²) in [5.41, 5.74) is -0.108. The first-order valence-electron chi connectivity index (χ1n) is 7.01. The van der Waals surface area contributed by atoms with Crippen LogP contribution in [0.3, 0.4) is 0 Å². The molecule has 0 aliphatic carbocycles. The number of carboxylic acid groups (broad SMARTS) is 1. The fourth-order valence-corrected chi connectivity index (χ4v) is 6.18. The molecule has 0 aromatic heterocycles. The van der Waals surface area contributed by atoms with Crippen molar-refractivity contribution in [1.82, 2.24) is 5.32 Å². The highest BCUT2D eigenvalue weighted by molar-refractivity contribution is 14.1. The monoisotopic (exact) mass is 704 g/mol. The number of amides is 2. The van der Waals surface area contributed by atoms with Crippen LogP contribution in [0.1, 0.15) is 27.6 Å². The van der Waals surface area contributed by atoms with E-state index in [0.29, 0.717) is 0 Å². The number of hydrogen-bond donors (Lipinski definition) is 6. The summed E-state index contributed by atoms with van der Waals surface area (Å²) in [6.45, 7) is 0.245. The van der Waals surface area contributed by atoms with Crippen LogP contribution >= 0.6 is 67.8 Å². The van der Waals surface area contributed by atoms with Crippen LogP contribution in [-0.4, -0.2) is 63.6 Å². The van der Waals surface area contributed by atoms with Crippen LogP contribution in [0.2, 0.25) is 0 Å². The molecule has 1 atom stereocenters. The molecule has 0 fully saturated rings. The molecule has 0 aliphatic heterocycles. The molecule has 1 aromatic carbocycles. The SMILES string of the molecule is C[C@H](O)C(=O)Nc1c(I)c(C(=O)O)c(I)c(C(=O)NC(CO)CO)c1I. The Hall–Kier alpha value is -0.300. The minimum Gasteiger partial charge on any atom is -0.478 e. The smallest absolute Gasteiger partial charge is 0.337 e. The molecule has 0 spiro atoms. The largest absolute Gasteiger partial charge is 0.478 e. The molecule has 2 amide bonds. The van der Waals surface area contributed by atoms with Gasteiger partial charge in [-0.3, -0.25) is 9.59 Å². The fraction of sp³-hybridized carbons (Fsp3) is 0.357. The van der Waals surface area contributed by atoms with E-state index in [9.17, 15) is 24.6 Å². The third kappa shape index (κ3) is 5.37. The number of aliphatic hydroxyl groups is 3. The molecule has 0 bridgehead atoms. The van der Waals surface area contributed by atoms with E-state index >= 15 is 0 Å². The number of hydrogen-bond acceptors (Lipinski definition) is 6.